The molecule has 6 heteroatoms. The Morgan fingerprint density at radius 1 is 1.53 bits per heavy atom. The lowest BCUT2D eigenvalue weighted by atomic mass is 9.92. The smallest absolute Gasteiger partial charge is 0.273 e. The van der Waals surface area contributed by atoms with Crippen molar-refractivity contribution in [2.75, 3.05) is 13.1 Å². The van der Waals surface area contributed by atoms with E-state index in [4.69, 9.17) is 0 Å². The summed E-state index contributed by atoms with van der Waals surface area (Å²) in [5.74, 6) is 0.444. The van der Waals surface area contributed by atoms with Crippen molar-refractivity contribution in [1.29, 1.82) is 0 Å². The molecule has 1 saturated heterocycles. The minimum absolute atomic E-state index is 0.0508. The highest BCUT2D eigenvalue weighted by Crippen LogP contribution is 2.27. The van der Waals surface area contributed by atoms with Gasteiger partial charge in [-0.25, -0.2) is 4.98 Å². The Morgan fingerprint density at radius 3 is 3.11 bits per heavy atom. The molecular weight excluding hydrogens is 260 g/mol. The number of thiazole rings is 1. The molecule has 3 heterocycles. The number of aromatic nitrogens is 3. The van der Waals surface area contributed by atoms with Crippen LogP contribution in [0.2, 0.25) is 0 Å². The van der Waals surface area contributed by atoms with Gasteiger partial charge in [0.2, 0.25) is 0 Å². The molecular formula is C13H16N4OS. The van der Waals surface area contributed by atoms with Gasteiger partial charge in [-0.2, -0.15) is 5.10 Å². The summed E-state index contributed by atoms with van der Waals surface area (Å²) in [6, 6.07) is 0. The third kappa shape index (κ3) is 2.53. The SMILES string of the molecule is Cn1cc(C2CCCN(C(=O)c3cscn3)C2)cn1. The maximum absolute atomic E-state index is 12.3. The quantitative estimate of drug-likeness (QED) is 0.841. The van der Waals surface area contributed by atoms with Crippen molar-refractivity contribution in [1.82, 2.24) is 19.7 Å². The summed E-state index contributed by atoms with van der Waals surface area (Å²) in [7, 11) is 1.92. The molecule has 1 unspecified atom stereocenters. The molecule has 100 valence electrons. The van der Waals surface area contributed by atoms with E-state index in [9.17, 15) is 4.79 Å². The van der Waals surface area contributed by atoms with E-state index in [1.807, 2.05) is 34.4 Å². The summed E-state index contributed by atoms with van der Waals surface area (Å²) in [4.78, 5) is 18.3. The Morgan fingerprint density at radius 2 is 2.42 bits per heavy atom. The molecule has 0 radical (unpaired) electrons. The van der Waals surface area contributed by atoms with Gasteiger partial charge in [0.1, 0.15) is 5.69 Å². The van der Waals surface area contributed by atoms with Gasteiger partial charge in [0.25, 0.3) is 5.91 Å². The Hall–Kier alpha value is -1.69. The zero-order valence-electron chi connectivity index (χ0n) is 10.8. The molecule has 2 aromatic heterocycles. The van der Waals surface area contributed by atoms with Crippen LogP contribution in [0, 0.1) is 0 Å². The predicted molar refractivity (Wildman–Crippen MR) is 73.2 cm³/mol. The van der Waals surface area contributed by atoms with Gasteiger partial charge < -0.3 is 4.90 Å². The lowest BCUT2D eigenvalue weighted by Gasteiger charge is -2.31. The highest BCUT2D eigenvalue weighted by molar-refractivity contribution is 7.07. The predicted octanol–water partition coefficient (Wildman–Crippen LogP) is 1.90. The van der Waals surface area contributed by atoms with Gasteiger partial charge in [0.15, 0.2) is 0 Å². The highest BCUT2D eigenvalue weighted by atomic mass is 32.1. The normalized spacial score (nSPS) is 19.6. The molecule has 5 nitrogen and oxygen atoms in total. The van der Waals surface area contributed by atoms with Crippen LogP contribution in [-0.4, -0.2) is 38.7 Å². The summed E-state index contributed by atoms with van der Waals surface area (Å²) in [6.07, 6.45) is 6.10. The molecule has 1 amide bonds. The van der Waals surface area contributed by atoms with Crippen molar-refractivity contribution in [3.8, 4) is 0 Å². The zero-order valence-corrected chi connectivity index (χ0v) is 11.6. The average Bonchev–Trinajstić information content (AvgIpc) is 3.09. The largest absolute Gasteiger partial charge is 0.337 e. The van der Waals surface area contributed by atoms with Crippen molar-refractivity contribution >= 4 is 17.2 Å². The minimum atomic E-state index is 0.0508. The molecule has 2 aromatic rings. The Bertz CT molecular complexity index is 563. The first-order chi connectivity index (χ1) is 9.24. The van der Waals surface area contributed by atoms with Gasteiger partial charge in [-0.05, 0) is 18.4 Å². The van der Waals surface area contributed by atoms with Crippen LogP contribution in [0.15, 0.2) is 23.3 Å². The molecule has 0 bridgehead atoms. The number of piperidine rings is 1. The van der Waals surface area contributed by atoms with Crippen LogP contribution in [0.4, 0.5) is 0 Å². The fourth-order valence-corrected chi connectivity index (χ4v) is 3.09. The van der Waals surface area contributed by atoms with Crippen molar-refractivity contribution < 1.29 is 4.79 Å². The van der Waals surface area contributed by atoms with E-state index in [1.54, 1.807) is 5.51 Å². The standard InChI is InChI=1S/C13H16N4OS/c1-16-6-11(5-15-16)10-3-2-4-17(7-10)13(18)12-8-19-9-14-12/h5-6,8-10H,2-4,7H2,1H3. The number of likely N-dealkylation sites (tertiary alicyclic amines) is 1. The zero-order chi connectivity index (χ0) is 13.2. The number of carbonyl (C=O) groups is 1. The van der Waals surface area contributed by atoms with Crippen LogP contribution in [0.3, 0.4) is 0 Å². The van der Waals surface area contributed by atoms with Crippen LogP contribution >= 0.6 is 11.3 Å². The second-order valence-electron chi connectivity index (χ2n) is 4.91. The number of aryl methyl sites for hydroxylation is 1. The lowest BCUT2D eigenvalue weighted by molar-refractivity contribution is 0.0702. The van der Waals surface area contributed by atoms with Crippen molar-refractivity contribution in [3.63, 3.8) is 0 Å². The van der Waals surface area contributed by atoms with E-state index >= 15 is 0 Å². The van der Waals surface area contributed by atoms with Crippen LogP contribution in [0.1, 0.15) is 34.8 Å². The summed E-state index contributed by atoms with van der Waals surface area (Å²) in [5.41, 5.74) is 3.49. The van der Waals surface area contributed by atoms with Crippen LogP contribution in [-0.2, 0) is 7.05 Å². The average molecular weight is 276 g/mol. The third-order valence-electron chi connectivity index (χ3n) is 3.56. The summed E-state index contributed by atoms with van der Waals surface area (Å²) in [5, 5.41) is 6.03. The Kier molecular flexibility index (Phi) is 3.33. The van der Waals surface area contributed by atoms with E-state index < -0.39 is 0 Å². The van der Waals surface area contributed by atoms with Crippen molar-refractivity contribution in [2.45, 2.75) is 18.8 Å². The first-order valence-electron chi connectivity index (χ1n) is 6.40. The van der Waals surface area contributed by atoms with E-state index in [0.29, 0.717) is 11.6 Å². The molecule has 0 N–H and O–H groups in total. The maximum Gasteiger partial charge on any atom is 0.273 e. The summed E-state index contributed by atoms with van der Waals surface area (Å²) >= 11 is 1.46. The lowest BCUT2D eigenvalue weighted by Crippen LogP contribution is -2.39. The summed E-state index contributed by atoms with van der Waals surface area (Å²) in [6.45, 7) is 1.59. The van der Waals surface area contributed by atoms with E-state index in [-0.39, 0.29) is 5.91 Å². The number of carbonyl (C=O) groups excluding carboxylic acids is 1. The van der Waals surface area contributed by atoms with Crippen LogP contribution < -0.4 is 0 Å². The number of nitrogens with zero attached hydrogens (tertiary/aromatic N) is 4. The van der Waals surface area contributed by atoms with E-state index in [2.05, 4.69) is 10.1 Å². The second-order valence-corrected chi connectivity index (χ2v) is 5.63. The second kappa shape index (κ2) is 5.13. The molecule has 19 heavy (non-hydrogen) atoms. The number of hydrogen-bond acceptors (Lipinski definition) is 4. The molecule has 0 aromatic carbocycles. The number of amides is 1. The van der Waals surface area contributed by atoms with Crippen LogP contribution in [0.5, 0.6) is 0 Å². The molecule has 3 rings (SSSR count). The number of rotatable bonds is 2. The molecule has 1 aliphatic rings. The van der Waals surface area contributed by atoms with E-state index in [1.165, 1.54) is 16.9 Å². The first kappa shape index (κ1) is 12.3. The van der Waals surface area contributed by atoms with Gasteiger partial charge in [-0.15, -0.1) is 11.3 Å². The van der Waals surface area contributed by atoms with Crippen LogP contribution in [0.25, 0.3) is 0 Å². The molecule has 1 fully saturated rings. The first-order valence-corrected chi connectivity index (χ1v) is 7.34. The molecule has 1 atom stereocenters. The monoisotopic (exact) mass is 276 g/mol. The van der Waals surface area contributed by atoms with Gasteiger partial charge in [-0.3, -0.25) is 9.48 Å². The summed E-state index contributed by atoms with van der Waals surface area (Å²) < 4.78 is 1.82. The molecule has 0 aliphatic carbocycles. The van der Waals surface area contributed by atoms with Gasteiger partial charge in [0.05, 0.1) is 11.7 Å². The maximum atomic E-state index is 12.3. The third-order valence-corrected chi connectivity index (χ3v) is 4.14. The van der Waals surface area contributed by atoms with Gasteiger partial charge in [-0.1, -0.05) is 0 Å². The van der Waals surface area contributed by atoms with E-state index in [0.717, 1.165) is 25.9 Å². The Balaban J connectivity index is 1.73. The highest BCUT2D eigenvalue weighted by Gasteiger charge is 2.26. The minimum Gasteiger partial charge on any atom is -0.337 e. The fourth-order valence-electron chi connectivity index (χ4n) is 2.56. The topological polar surface area (TPSA) is 51.0 Å². The van der Waals surface area contributed by atoms with Crippen molar-refractivity contribution in [2.24, 2.45) is 7.05 Å². The molecule has 1 aliphatic heterocycles. The Labute approximate surface area is 115 Å². The fraction of sp³-hybridized carbons (Fsp3) is 0.462. The molecule has 0 saturated carbocycles. The van der Waals surface area contributed by atoms with Crippen molar-refractivity contribution in [3.05, 3.63) is 34.5 Å². The number of hydrogen-bond donors (Lipinski definition) is 0. The van der Waals surface area contributed by atoms with Gasteiger partial charge in [0, 0.05) is 37.6 Å². The molecule has 0 spiro atoms. The van der Waals surface area contributed by atoms with Gasteiger partial charge >= 0.3 is 0 Å².